The van der Waals surface area contributed by atoms with E-state index in [4.69, 9.17) is 4.42 Å². The van der Waals surface area contributed by atoms with E-state index < -0.39 is 17.2 Å². The summed E-state index contributed by atoms with van der Waals surface area (Å²) in [5, 5.41) is 10.5. The summed E-state index contributed by atoms with van der Waals surface area (Å²) in [4.78, 5) is 15.5. The summed E-state index contributed by atoms with van der Waals surface area (Å²) in [5.41, 5.74) is -0.368. The zero-order valence-corrected chi connectivity index (χ0v) is 16.9. The van der Waals surface area contributed by atoms with E-state index in [0.717, 1.165) is 12.1 Å². The number of nitrogens with one attached hydrogen (secondary N) is 2. The van der Waals surface area contributed by atoms with Crippen LogP contribution in [0.1, 0.15) is 5.56 Å². The van der Waals surface area contributed by atoms with Gasteiger partial charge in [0.2, 0.25) is 0 Å². The molecule has 0 fully saturated rings. The first-order valence-corrected chi connectivity index (χ1v) is 9.88. The van der Waals surface area contributed by atoms with Crippen molar-refractivity contribution in [3.63, 3.8) is 0 Å². The van der Waals surface area contributed by atoms with Crippen molar-refractivity contribution in [1.82, 2.24) is 15.2 Å². The van der Waals surface area contributed by atoms with E-state index >= 15 is 0 Å². The van der Waals surface area contributed by atoms with Gasteiger partial charge in [-0.3, -0.25) is 4.79 Å². The minimum Gasteiger partial charge on any atom is -0.402 e. The molecule has 0 aliphatic heterocycles. The summed E-state index contributed by atoms with van der Waals surface area (Å²) in [6, 6.07) is 21.2. The number of aromatic amines is 1. The molecule has 0 bridgehead atoms. The van der Waals surface area contributed by atoms with Crippen LogP contribution in [-0.4, -0.2) is 15.2 Å². The maximum atomic E-state index is 13.9. The van der Waals surface area contributed by atoms with Crippen LogP contribution in [0.3, 0.4) is 0 Å². The van der Waals surface area contributed by atoms with E-state index in [1.165, 1.54) is 6.07 Å². The van der Waals surface area contributed by atoms with Crippen LogP contribution in [0.2, 0.25) is 0 Å². The summed E-state index contributed by atoms with van der Waals surface area (Å²) in [5.74, 6) is -0.118. The van der Waals surface area contributed by atoms with Gasteiger partial charge in [-0.2, -0.15) is 13.2 Å². The minimum atomic E-state index is -4.69. The Morgan fingerprint density at radius 2 is 1.55 bits per heavy atom. The molecule has 0 amide bonds. The highest BCUT2D eigenvalue weighted by atomic mass is 19.4. The first kappa shape index (κ1) is 20.5. The zero-order chi connectivity index (χ0) is 23.0. The standard InChI is InChI=1S/C24H15F3N4O2/c25-24(26,27)18-12-15(14-7-3-1-4-8-14)11-17-20(32)13-19(29-21(17)18)22-30-31-23(33-22)28-16-9-5-2-6-10-16/h1-13H,(H,28,31)(H,29,32). The fourth-order valence-corrected chi connectivity index (χ4v) is 3.51. The molecule has 0 saturated heterocycles. The zero-order valence-electron chi connectivity index (χ0n) is 16.9. The number of para-hydroxylation sites is 1. The van der Waals surface area contributed by atoms with Gasteiger partial charge >= 0.3 is 12.2 Å². The third-order valence-electron chi connectivity index (χ3n) is 5.03. The molecule has 0 aliphatic rings. The number of hydrogen-bond acceptors (Lipinski definition) is 5. The molecule has 5 rings (SSSR count). The van der Waals surface area contributed by atoms with Crippen LogP contribution in [0.5, 0.6) is 0 Å². The molecule has 0 radical (unpaired) electrons. The third kappa shape index (κ3) is 4.08. The van der Waals surface area contributed by atoms with E-state index in [0.29, 0.717) is 16.8 Å². The molecule has 0 atom stereocenters. The SMILES string of the molecule is O=c1cc(-c2nnc(Nc3ccccc3)o2)[nH]c2c(C(F)(F)F)cc(-c3ccccc3)cc12. The normalized spacial score (nSPS) is 11.6. The Morgan fingerprint density at radius 1 is 0.848 bits per heavy atom. The average Bonchev–Trinajstić information content (AvgIpc) is 3.27. The number of anilines is 2. The summed E-state index contributed by atoms with van der Waals surface area (Å²) in [6.45, 7) is 0. The number of fused-ring (bicyclic) bond motifs is 1. The Balaban J connectivity index is 1.62. The number of alkyl halides is 3. The van der Waals surface area contributed by atoms with Crippen molar-refractivity contribution in [2.24, 2.45) is 0 Å². The maximum Gasteiger partial charge on any atom is 0.418 e. The fraction of sp³-hybridized carbons (Fsp3) is 0.0417. The van der Waals surface area contributed by atoms with Crippen molar-refractivity contribution >= 4 is 22.6 Å². The van der Waals surface area contributed by atoms with Gasteiger partial charge in [0.1, 0.15) is 5.69 Å². The number of halogens is 3. The van der Waals surface area contributed by atoms with Gasteiger partial charge in [0, 0.05) is 17.1 Å². The molecule has 0 unspecified atom stereocenters. The molecule has 164 valence electrons. The number of pyridine rings is 1. The highest BCUT2D eigenvalue weighted by Gasteiger charge is 2.34. The van der Waals surface area contributed by atoms with E-state index in [1.54, 1.807) is 42.5 Å². The highest BCUT2D eigenvalue weighted by Crippen LogP contribution is 2.37. The Bertz CT molecular complexity index is 1490. The van der Waals surface area contributed by atoms with Gasteiger partial charge in [0.15, 0.2) is 5.43 Å². The predicted molar refractivity (Wildman–Crippen MR) is 118 cm³/mol. The van der Waals surface area contributed by atoms with Crippen LogP contribution >= 0.6 is 0 Å². The molecule has 0 saturated carbocycles. The van der Waals surface area contributed by atoms with Crippen molar-refractivity contribution in [3.8, 4) is 22.7 Å². The van der Waals surface area contributed by atoms with Gasteiger partial charge in [-0.05, 0) is 35.4 Å². The van der Waals surface area contributed by atoms with Crippen LogP contribution in [-0.2, 0) is 6.18 Å². The number of benzene rings is 3. The molecular formula is C24H15F3N4O2. The Kier molecular flexibility index (Phi) is 4.93. The topological polar surface area (TPSA) is 83.8 Å². The molecule has 3 aromatic carbocycles. The quantitative estimate of drug-likeness (QED) is 0.352. The maximum absolute atomic E-state index is 13.9. The second kappa shape index (κ2) is 7.94. The summed E-state index contributed by atoms with van der Waals surface area (Å²) >= 11 is 0. The van der Waals surface area contributed by atoms with E-state index in [-0.39, 0.29) is 28.5 Å². The van der Waals surface area contributed by atoms with Crippen LogP contribution < -0.4 is 10.7 Å². The van der Waals surface area contributed by atoms with E-state index in [1.807, 2.05) is 18.2 Å². The van der Waals surface area contributed by atoms with Gasteiger partial charge in [-0.1, -0.05) is 53.6 Å². The lowest BCUT2D eigenvalue weighted by atomic mass is 9.98. The van der Waals surface area contributed by atoms with E-state index in [9.17, 15) is 18.0 Å². The highest BCUT2D eigenvalue weighted by molar-refractivity contribution is 5.89. The molecule has 0 aliphatic carbocycles. The minimum absolute atomic E-state index is 0.0147. The average molecular weight is 448 g/mol. The fourth-order valence-electron chi connectivity index (χ4n) is 3.51. The number of H-pyrrole nitrogens is 1. The molecule has 33 heavy (non-hydrogen) atoms. The summed E-state index contributed by atoms with van der Waals surface area (Å²) in [6.07, 6.45) is -4.69. The first-order valence-electron chi connectivity index (χ1n) is 9.88. The van der Waals surface area contributed by atoms with E-state index in [2.05, 4.69) is 20.5 Å². The predicted octanol–water partition coefficient (Wildman–Crippen LogP) is 6.01. The van der Waals surface area contributed by atoms with Gasteiger partial charge in [-0.25, -0.2) is 0 Å². The van der Waals surface area contributed by atoms with Gasteiger partial charge in [0.25, 0.3) is 5.89 Å². The van der Waals surface area contributed by atoms with Crippen molar-refractivity contribution in [1.29, 1.82) is 0 Å². The second-order valence-electron chi connectivity index (χ2n) is 7.26. The van der Waals surface area contributed by atoms with Crippen molar-refractivity contribution in [2.45, 2.75) is 6.18 Å². The van der Waals surface area contributed by atoms with Gasteiger partial charge < -0.3 is 14.7 Å². The van der Waals surface area contributed by atoms with Crippen molar-refractivity contribution in [3.05, 3.63) is 94.6 Å². The largest absolute Gasteiger partial charge is 0.418 e. The number of rotatable bonds is 4. The summed E-state index contributed by atoms with van der Waals surface area (Å²) < 4.78 is 47.3. The lowest BCUT2D eigenvalue weighted by Crippen LogP contribution is -2.11. The Morgan fingerprint density at radius 3 is 2.24 bits per heavy atom. The Labute approximate surface area is 184 Å². The first-order chi connectivity index (χ1) is 15.9. The molecule has 5 aromatic rings. The third-order valence-corrected chi connectivity index (χ3v) is 5.03. The van der Waals surface area contributed by atoms with Crippen LogP contribution in [0, 0.1) is 0 Å². The smallest absolute Gasteiger partial charge is 0.402 e. The molecule has 0 spiro atoms. The van der Waals surface area contributed by atoms with Gasteiger partial charge in [-0.15, -0.1) is 5.10 Å². The summed E-state index contributed by atoms with van der Waals surface area (Å²) in [7, 11) is 0. The molecule has 9 heteroatoms. The van der Waals surface area contributed by atoms with Crippen molar-refractivity contribution < 1.29 is 17.6 Å². The lowest BCUT2D eigenvalue weighted by molar-refractivity contribution is -0.136. The van der Waals surface area contributed by atoms with Crippen molar-refractivity contribution in [2.75, 3.05) is 5.32 Å². The van der Waals surface area contributed by atoms with Crippen LogP contribution in [0.4, 0.5) is 24.9 Å². The number of nitrogens with zero attached hydrogens (tertiary/aromatic N) is 2. The molecule has 2 N–H and O–H groups in total. The van der Waals surface area contributed by atoms with Gasteiger partial charge in [0.05, 0.1) is 11.1 Å². The number of aromatic nitrogens is 3. The molecule has 2 aromatic heterocycles. The second-order valence-corrected chi connectivity index (χ2v) is 7.26. The molecule has 6 nitrogen and oxygen atoms in total. The number of hydrogen-bond donors (Lipinski definition) is 2. The Hall–Kier alpha value is -4.40. The van der Waals surface area contributed by atoms with Crippen LogP contribution in [0.25, 0.3) is 33.6 Å². The lowest BCUT2D eigenvalue weighted by Gasteiger charge is -2.13. The molecule has 2 heterocycles. The monoisotopic (exact) mass is 448 g/mol. The molecular weight excluding hydrogens is 433 g/mol. The van der Waals surface area contributed by atoms with Crippen LogP contribution in [0.15, 0.2) is 88.1 Å².